The number of thiophene rings is 1. The van der Waals surface area contributed by atoms with Gasteiger partial charge in [-0.15, -0.1) is 11.3 Å². The summed E-state index contributed by atoms with van der Waals surface area (Å²) in [6.45, 7) is 1.69. The van der Waals surface area contributed by atoms with Gasteiger partial charge in [-0.1, -0.05) is 24.3 Å². The molecule has 5 rings (SSSR count). The Labute approximate surface area is 190 Å². The van der Waals surface area contributed by atoms with Gasteiger partial charge in [0, 0.05) is 44.1 Å². The molecule has 1 fully saturated rings. The molecular weight excluding hydrogens is 420 g/mol. The van der Waals surface area contributed by atoms with Gasteiger partial charge in [0.25, 0.3) is 5.91 Å². The first-order chi connectivity index (χ1) is 15.7. The number of para-hydroxylation sites is 1. The minimum atomic E-state index is -0.0548. The SMILES string of the molecule is O=C(NCc1cccnc1)C1CCN(C(=O)c2ccc(-n3ccc4ccccc43)s2)CC1. The van der Waals surface area contributed by atoms with Crippen molar-refractivity contribution in [3.05, 3.63) is 83.6 Å². The Morgan fingerprint density at radius 3 is 2.69 bits per heavy atom. The van der Waals surface area contributed by atoms with Gasteiger partial charge >= 0.3 is 0 Å². The highest BCUT2D eigenvalue weighted by Crippen LogP contribution is 2.28. The van der Waals surface area contributed by atoms with Gasteiger partial charge in [0.15, 0.2) is 0 Å². The van der Waals surface area contributed by atoms with Crippen LogP contribution in [-0.2, 0) is 11.3 Å². The molecule has 3 aromatic heterocycles. The monoisotopic (exact) mass is 444 g/mol. The van der Waals surface area contributed by atoms with Crippen LogP contribution in [0.2, 0.25) is 0 Å². The van der Waals surface area contributed by atoms with Gasteiger partial charge in [-0.2, -0.15) is 0 Å². The zero-order valence-electron chi connectivity index (χ0n) is 17.6. The molecule has 1 aromatic carbocycles. The number of amides is 2. The van der Waals surface area contributed by atoms with Crippen LogP contribution < -0.4 is 5.32 Å². The fourth-order valence-corrected chi connectivity index (χ4v) is 5.16. The molecule has 0 radical (unpaired) electrons. The van der Waals surface area contributed by atoms with Crippen molar-refractivity contribution in [2.24, 2.45) is 5.92 Å². The van der Waals surface area contributed by atoms with E-state index in [0.717, 1.165) is 21.0 Å². The van der Waals surface area contributed by atoms with Gasteiger partial charge in [-0.05, 0) is 54.1 Å². The lowest BCUT2D eigenvalue weighted by Crippen LogP contribution is -2.42. The molecule has 2 amide bonds. The number of piperidine rings is 1. The highest BCUT2D eigenvalue weighted by Gasteiger charge is 2.28. The van der Waals surface area contributed by atoms with Crippen molar-refractivity contribution in [1.29, 1.82) is 0 Å². The van der Waals surface area contributed by atoms with E-state index in [1.165, 1.54) is 16.7 Å². The van der Waals surface area contributed by atoms with Gasteiger partial charge in [-0.25, -0.2) is 0 Å². The second-order valence-corrected chi connectivity index (χ2v) is 9.09. The molecule has 7 heteroatoms. The smallest absolute Gasteiger partial charge is 0.263 e. The number of nitrogens with zero attached hydrogens (tertiary/aromatic N) is 3. The van der Waals surface area contributed by atoms with E-state index in [1.807, 2.05) is 47.5 Å². The molecule has 0 unspecified atom stereocenters. The highest BCUT2D eigenvalue weighted by molar-refractivity contribution is 7.16. The number of rotatable bonds is 5. The highest BCUT2D eigenvalue weighted by atomic mass is 32.1. The summed E-state index contributed by atoms with van der Waals surface area (Å²) in [5.41, 5.74) is 2.11. The minimum absolute atomic E-state index is 0.0481. The number of aromatic nitrogens is 2. The number of hydrogen-bond donors (Lipinski definition) is 1. The average molecular weight is 445 g/mol. The van der Waals surface area contributed by atoms with Crippen LogP contribution in [-0.4, -0.2) is 39.4 Å². The third-order valence-corrected chi connectivity index (χ3v) is 7.05. The van der Waals surface area contributed by atoms with Gasteiger partial charge in [0.1, 0.15) is 5.00 Å². The van der Waals surface area contributed by atoms with Crippen LogP contribution >= 0.6 is 11.3 Å². The first-order valence-electron chi connectivity index (χ1n) is 10.8. The van der Waals surface area contributed by atoms with Gasteiger partial charge in [-0.3, -0.25) is 14.6 Å². The van der Waals surface area contributed by atoms with Crippen LogP contribution in [0.5, 0.6) is 0 Å². The number of pyridine rings is 1. The second-order valence-electron chi connectivity index (χ2n) is 8.03. The Morgan fingerprint density at radius 1 is 1.03 bits per heavy atom. The average Bonchev–Trinajstić information content (AvgIpc) is 3.50. The number of nitrogens with one attached hydrogen (secondary N) is 1. The normalized spacial score (nSPS) is 14.6. The summed E-state index contributed by atoms with van der Waals surface area (Å²) < 4.78 is 2.12. The van der Waals surface area contributed by atoms with Crippen LogP contribution in [0.25, 0.3) is 15.9 Å². The van der Waals surface area contributed by atoms with Crippen LogP contribution in [0, 0.1) is 5.92 Å². The summed E-state index contributed by atoms with van der Waals surface area (Å²) in [4.78, 5) is 32.3. The first-order valence-corrected chi connectivity index (χ1v) is 11.6. The van der Waals surface area contributed by atoms with E-state index >= 15 is 0 Å². The lowest BCUT2D eigenvalue weighted by atomic mass is 9.95. The van der Waals surface area contributed by atoms with E-state index < -0.39 is 0 Å². The molecule has 0 atom stereocenters. The van der Waals surface area contributed by atoms with Crippen molar-refractivity contribution < 1.29 is 9.59 Å². The Kier molecular flexibility index (Phi) is 5.73. The summed E-state index contributed by atoms with van der Waals surface area (Å²) in [6, 6.07) is 18.0. The topological polar surface area (TPSA) is 67.2 Å². The summed E-state index contributed by atoms with van der Waals surface area (Å²) in [5.74, 6) is 0.0478. The molecule has 0 aliphatic carbocycles. The third kappa shape index (κ3) is 4.16. The van der Waals surface area contributed by atoms with Crippen LogP contribution in [0.4, 0.5) is 0 Å². The Bertz CT molecular complexity index is 1240. The molecule has 0 bridgehead atoms. The predicted octanol–water partition coefficient (Wildman–Crippen LogP) is 4.26. The molecule has 1 aliphatic rings. The Hall–Kier alpha value is -3.45. The quantitative estimate of drug-likeness (QED) is 0.500. The molecule has 4 aromatic rings. The fraction of sp³-hybridized carbons (Fsp3) is 0.240. The van der Waals surface area contributed by atoms with Crippen molar-refractivity contribution in [3.8, 4) is 5.00 Å². The van der Waals surface area contributed by atoms with E-state index in [4.69, 9.17) is 0 Å². The number of carbonyl (C=O) groups is 2. The summed E-state index contributed by atoms with van der Waals surface area (Å²) >= 11 is 1.51. The Balaban J connectivity index is 1.18. The number of benzene rings is 1. The van der Waals surface area contributed by atoms with Crippen LogP contribution in [0.3, 0.4) is 0 Å². The lowest BCUT2D eigenvalue weighted by Gasteiger charge is -2.31. The molecule has 4 heterocycles. The van der Waals surface area contributed by atoms with E-state index in [9.17, 15) is 9.59 Å². The van der Waals surface area contributed by atoms with Gasteiger partial charge < -0.3 is 14.8 Å². The van der Waals surface area contributed by atoms with Crippen molar-refractivity contribution in [3.63, 3.8) is 0 Å². The van der Waals surface area contributed by atoms with E-state index in [0.29, 0.717) is 32.5 Å². The standard InChI is InChI=1S/C25H24N4O2S/c30-24(27-17-18-4-3-12-26-16-18)20-9-13-28(14-10-20)25(31)22-7-8-23(32-22)29-15-11-19-5-1-2-6-21(19)29/h1-8,11-12,15-16,20H,9-10,13-14,17H2,(H,27,30). The molecule has 1 aliphatic heterocycles. The Morgan fingerprint density at radius 2 is 1.88 bits per heavy atom. The zero-order chi connectivity index (χ0) is 21.9. The minimum Gasteiger partial charge on any atom is -0.352 e. The second kappa shape index (κ2) is 8.96. The fourth-order valence-electron chi connectivity index (χ4n) is 4.18. The van der Waals surface area contributed by atoms with E-state index in [-0.39, 0.29) is 17.7 Å². The summed E-state index contributed by atoms with van der Waals surface area (Å²) in [5, 5.41) is 5.20. The van der Waals surface area contributed by atoms with Gasteiger partial charge in [0.2, 0.25) is 5.91 Å². The molecular formula is C25H24N4O2S. The zero-order valence-corrected chi connectivity index (χ0v) is 18.4. The summed E-state index contributed by atoms with van der Waals surface area (Å²) in [6.07, 6.45) is 6.89. The maximum Gasteiger partial charge on any atom is 0.263 e. The summed E-state index contributed by atoms with van der Waals surface area (Å²) in [7, 11) is 0. The van der Waals surface area contributed by atoms with Crippen molar-refractivity contribution in [1.82, 2.24) is 19.8 Å². The van der Waals surface area contributed by atoms with Crippen molar-refractivity contribution >= 4 is 34.1 Å². The number of carbonyl (C=O) groups excluding carboxylic acids is 2. The molecule has 0 saturated carbocycles. The van der Waals surface area contributed by atoms with Gasteiger partial charge in [0.05, 0.1) is 10.4 Å². The third-order valence-electron chi connectivity index (χ3n) is 5.98. The van der Waals surface area contributed by atoms with E-state index in [2.05, 4.69) is 33.1 Å². The first kappa shape index (κ1) is 20.5. The lowest BCUT2D eigenvalue weighted by molar-refractivity contribution is -0.126. The molecule has 162 valence electrons. The largest absolute Gasteiger partial charge is 0.352 e. The number of hydrogen-bond acceptors (Lipinski definition) is 4. The predicted molar refractivity (Wildman–Crippen MR) is 126 cm³/mol. The van der Waals surface area contributed by atoms with Crippen LogP contribution in [0.1, 0.15) is 28.1 Å². The molecule has 0 spiro atoms. The molecule has 6 nitrogen and oxygen atoms in total. The van der Waals surface area contributed by atoms with Crippen molar-refractivity contribution in [2.45, 2.75) is 19.4 Å². The molecule has 1 saturated heterocycles. The number of likely N-dealkylation sites (tertiary alicyclic amines) is 1. The molecule has 1 N–H and O–H groups in total. The maximum absolute atomic E-state index is 13.1. The maximum atomic E-state index is 13.1. The number of fused-ring (bicyclic) bond motifs is 1. The van der Waals surface area contributed by atoms with Crippen molar-refractivity contribution in [2.75, 3.05) is 13.1 Å². The van der Waals surface area contributed by atoms with Crippen LogP contribution in [0.15, 0.2) is 73.2 Å². The van der Waals surface area contributed by atoms with E-state index in [1.54, 1.807) is 12.4 Å². The molecule has 32 heavy (non-hydrogen) atoms.